The second-order valence-electron chi connectivity index (χ2n) is 4.59. The van der Waals surface area contributed by atoms with E-state index < -0.39 is 0 Å². The monoisotopic (exact) mass is 324 g/mol. The lowest BCUT2D eigenvalue weighted by Gasteiger charge is -2.16. The Hall–Kier alpha value is -1.47. The summed E-state index contributed by atoms with van der Waals surface area (Å²) in [5.74, 6) is 0.180. The molecule has 6 nitrogen and oxygen atoms in total. The standard InChI is InChI=1S/C12H13BrN4O2/c1-6-8-4-9(13)11(18)17(7-2-3-19-5-7)10(8)16-12(14)15-6/h4,7H,2-3,5H2,1H3,(H2,14,15,16)/t7-/m0/s1. The largest absolute Gasteiger partial charge is 0.379 e. The van der Waals surface area contributed by atoms with Gasteiger partial charge in [-0.1, -0.05) is 0 Å². The molecule has 2 N–H and O–H groups in total. The van der Waals surface area contributed by atoms with Crippen LogP contribution in [0.4, 0.5) is 5.95 Å². The first-order chi connectivity index (χ1) is 9.08. The smallest absolute Gasteiger partial charge is 0.266 e. The van der Waals surface area contributed by atoms with E-state index in [1.54, 1.807) is 10.6 Å². The molecule has 0 saturated carbocycles. The van der Waals surface area contributed by atoms with Crippen molar-refractivity contribution in [2.24, 2.45) is 0 Å². The number of aromatic nitrogens is 3. The number of hydrogen-bond donors (Lipinski definition) is 1. The zero-order valence-corrected chi connectivity index (χ0v) is 12.0. The molecule has 0 radical (unpaired) electrons. The van der Waals surface area contributed by atoms with E-state index in [-0.39, 0.29) is 17.5 Å². The minimum absolute atomic E-state index is 0.00111. The lowest BCUT2D eigenvalue weighted by atomic mass is 10.2. The molecule has 1 aliphatic rings. The molecule has 1 saturated heterocycles. The molecular weight excluding hydrogens is 312 g/mol. The van der Waals surface area contributed by atoms with E-state index in [0.717, 1.165) is 17.5 Å². The second kappa shape index (κ2) is 4.57. The van der Waals surface area contributed by atoms with Crippen molar-refractivity contribution in [3.05, 3.63) is 26.6 Å². The van der Waals surface area contributed by atoms with Gasteiger partial charge in [-0.25, -0.2) is 4.98 Å². The van der Waals surface area contributed by atoms with E-state index in [1.165, 1.54) is 0 Å². The van der Waals surface area contributed by atoms with Gasteiger partial charge in [-0.3, -0.25) is 9.36 Å². The molecule has 0 bridgehead atoms. The van der Waals surface area contributed by atoms with Crippen LogP contribution in [0, 0.1) is 6.92 Å². The molecule has 3 heterocycles. The van der Waals surface area contributed by atoms with Gasteiger partial charge in [-0.15, -0.1) is 0 Å². The van der Waals surface area contributed by atoms with Crippen LogP contribution in [0.5, 0.6) is 0 Å². The summed E-state index contributed by atoms with van der Waals surface area (Å²) >= 11 is 3.31. The van der Waals surface area contributed by atoms with Crippen LogP contribution in [-0.2, 0) is 4.74 Å². The molecule has 0 aromatic carbocycles. The Bertz CT molecular complexity index is 707. The summed E-state index contributed by atoms with van der Waals surface area (Å²) in [6.07, 6.45) is 0.800. The van der Waals surface area contributed by atoms with Crippen LogP contribution in [0.25, 0.3) is 11.0 Å². The molecular formula is C12H13BrN4O2. The van der Waals surface area contributed by atoms with E-state index in [2.05, 4.69) is 25.9 Å². The lowest BCUT2D eigenvalue weighted by Crippen LogP contribution is -2.27. The van der Waals surface area contributed by atoms with Crippen molar-refractivity contribution in [1.29, 1.82) is 0 Å². The van der Waals surface area contributed by atoms with Crippen molar-refractivity contribution >= 4 is 32.9 Å². The Labute approximate surface area is 117 Å². The maximum Gasteiger partial charge on any atom is 0.266 e. The SMILES string of the molecule is Cc1nc(N)nc2c1cc(Br)c(=O)n2[C@H]1CCOC1. The summed E-state index contributed by atoms with van der Waals surface area (Å²) in [5, 5.41) is 0.826. The van der Waals surface area contributed by atoms with Crippen LogP contribution in [0.2, 0.25) is 0 Å². The molecule has 1 fully saturated rings. The minimum atomic E-state index is -0.111. The molecule has 0 amide bonds. The van der Waals surface area contributed by atoms with Gasteiger partial charge in [0.2, 0.25) is 5.95 Å². The number of nitrogens with zero attached hydrogens (tertiary/aromatic N) is 3. The highest BCUT2D eigenvalue weighted by Gasteiger charge is 2.23. The maximum absolute atomic E-state index is 12.4. The van der Waals surface area contributed by atoms with Crippen LogP contribution in [0.1, 0.15) is 18.2 Å². The Morgan fingerprint density at radius 2 is 2.32 bits per heavy atom. The molecule has 0 aliphatic carbocycles. The quantitative estimate of drug-likeness (QED) is 0.857. The van der Waals surface area contributed by atoms with Gasteiger partial charge in [0.15, 0.2) is 0 Å². The van der Waals surface area contributed by atoms with Crippen LogP contribution in [-0.4, -0.2) is 27.7 Å². The number of pyridine rings is 1. The van der Waals surface area contributed by atoms with E-state index in [1.807, 2.05) is 6.92 Å². The molecule has 2 aromatic rings. The lowest BCUT2D eigenvalue weighted by molar-refractivity contribution is 0.186. The zero-order valence-electron chi connectivity index (χ0n) is 10.4. The fourth-order valence-electron chi connectivity index (χ4n) is 2.40. The number of halogens is 1. The number of ether oxygens (including phenoxy) is 1. The summed E-state index contributed by atoms with van der Waals surface area (Å²) in [7, 11) is 0. The van der Waals surface area contributed by atoms with Gasteiger partial charge in [-0.2, -0.15) is 4.98 Å². The minimum Gasteiger partial charge on any atom is -0.379 e. The predicted molar refractivity (Wildman–Crippen MR) is 75.1 cm³/mol. The van der Waals surface area contributed by atoms with Crippen LogP contribution >= 0.6 is 15.9 Å². The first-order valence-corrected chi connectivity index (χ1v) is 6.80. The molecule has 1 atom stereocenters. The van der Waals surface area contributed by atoms with Crippen LogP contribution < -0.4 is 11.3 Å². The second-order valence-corrected chi connectivity index (χ2v) is 5.44. The molecule has 0 unspecified atom stereocenters. The van der Waals surface area contributed by atoms with Gasteiger partial charge in [0.1, 0.15) is 5.65 Å². The third-order valence-corrected chi connectivity index (χ3v) is 3.89. The van der Waals surface area contributed by atoms with Crippen molar-refractivity contribution in [2.75, 3.05) is 18.9 Å². The van der Waals surface area contributed by atoms with Gasteiger partial charge in [0.05, 0.1) is 22.8 Å². The number of nitrogen functional groups attached to an aromatic ring is 1. The summed E-state index contributed by atoms with van der Waals surface area (Å²) < 4.78 is 7.53. The fourth-order valence-corrected chi connectivity index (χ4v) is 2.82. The maximum atomic E-state index is 12.4. The van der Waals surface area contributed by atoms with Crippen molar-refractivity contribution in [3.63, 3.8) is 0 Å². The van der Waals surface area contributed by atoms with E-state index in [0.29, 0.717) is 23.3 Å². The molecule has 7 heteroatoms. The molecule has 19 heavy (non-hydrogen) atoms. The van der Waals surface area contributed by atoms with E-state index >= 15 is 0 Å². The predicted octanol–water partition coefficient (Wildman–Crippen LogP) is 1.41. The van der Waals surface area contributed by atoms with Gasteiger partial charge in [-0.05, 0) is 35.3 Å². The van der Waals surface area contributed by atoms with Crippen molar-refractivity contribution in [1.82, 2.24) is 14.5 Å². The highest BCUT2D eigenvalue weighted by Crippen LogP contribution is 2.25. The normalized spacial score (nSPS) is 19.2. The number of fused-ring (bicyclic) bond motifs is 1. The fraction of sp³-hybridized carbons (Fsp3) is 0.417. The Kier molecular flexibility index (Phi) is 3.02. The number of hydrogen-bond acceptors (Lipinski definition) is 5. The zero-order chi connectivity index (χ0) is 13.6. The molecule has 1 aliphatic heterocycles. The topological polar surface area (TPSA) is 83.0 Å². The third kappa shape index (κ3) is 2.02. The van der Waals surface area contributed by atoms with Crippen molar-refractivity contribution < 1.29 is 4.74 Å². The van der Waals surface area contributed by atoms with E-state index in [9.17, 15) is 4.79 Å². The number of aryl methyl sites for hydroxylation is 1. The van der Waals surface area contributed by atoms with Gasteiger partial charge in [0, 0.05) is 12.0 Å². The third-order valence-electron chi connectivity index (χ3n) is 3.33. The van der Waals surface area contributed by atoms with Gasteiger partial charge >= 0.3 is 0 Å². The summed E-state index contributed by atoms with van der Waals surface area (Å²) in [6.45, 7) is 3.03. The molecule has 100 valence electrons. The van der Waals surface area contributed by atoms with Gasteiger partial charge < -0.3 is 10.5 Å². The molecule has 0 spiro atoms. The first kappa shape index (κ1) is 12.6. The van der Waals surface area contributed by atoms with E-state index in [4.69, 9.17) is 10.5 Å². The Morgan fingerprint density at radius 1 is 1.53 bits per heavy atom. The summed E-state index contributed by atoms with van der Waals surface area (Å²) in [4.78, 5) is 20.7. The average molecular weight is 325 g/mol. The first-order valence-electron chi connectivity index (χ1n) is 6.00. The Balaban J connectivity index is 2.39. The molecule has 3 rings (SSSR count). The Morgan fingerprint density at radius 3 is 3.00 bits per heavy atom. The summed E-state index contributed by atoms with van der Waals surface area (Å²) in [5.41, 5.74) is 6.93. The number of rotatable bonds is 1. The summed E-state index contributed by atoms with van der Waals surface area (Å²) in [6, 6.07) is 1.75. The van der Waals surface area contributed by atoms with Crippen LogP contribution in [0.3, 0.4) is 0 Å². The number of anilines is 1. The average Bonchev–Trinajstić information content (AvgIpc) is 2.85. The molecule has 2 aromatic heterocycles. The van der Waals surface area contributed by atoms with Crippen LogP contribution in [0.15, 0.2) is 15.3 Å². The number of nitrogens with two attached hydrogens (primary N) is 1. The highest BCUT2D eigenvalue weighted by molar-refractivity contribution is 9.10. The van der Waals surface area contributed by atoms with Crippen molar-refractivity contribution in [3.8, 4) is 0 Å². The van der Waals surface area contributed by atoms with Crippen molar-refractivity contribution in [2.45, 2.75) is 19.4 Å². The highest BCUT2D eigenvalue weighted by atomic mass is 79.9. The van der Waals surface area contributed by atoms with Gasteiger partial charge in [0.25, 0.3) is 5.56 Å².